The van der Waals surface area contributed by atoms with Gasteiger partial charge in [0.05, 0.1) is 23.4 Å². The van der Waals surface area contributed by atoms with Crippen LogP contribution in [0.5, 0.6) is 0 Å². The number of hydrogen-bond acceptors (Lipinski definition) is 3. The lowest BCUT2D eigenvalue weighted by molar-refractivity contribution is 0.106. The molecule has 2 atom stereocenters. The zero-order chi connectivity index (χ0) is 12.1. The summed E-state index contributed by atoms with van der Waals surface area (Å²) in [6, 6.07) is 6.24. The van der Waals surface area contributed by atoms with E-state index in [1.165, 1.54) is 6.07 Å². The van der Waals surface area contributed by atoms with Gasteiger partial charge in [0.2, 0.25) is 0 Å². The Hall–Kier alpha value is -1.60. The molecule has 0 radical (unpaired) electrons. The maximum atomic E-state index is 13.5. The van der Waals surface area contributed by atoms with Gasteiger partial charge in [-0.15, -0.1) is 0 Å². The van der Waals surface area contributed by atoms with Crippen LogP contribution in [-0.2, 0) is 4.74 Å². The maximum Gasteiger partial charge on any atom is 0.147 e. The van der Waals surface area contributed by atoms with Crippen molar-refractivity contribution in [2.24, 2.45) is 0 Å². The molecule has 0 saturated heterocycles. The summed E-state index contributed by atoms with van der Waals surface area (Å²) in [4.78, 5) is 0. The number of hydrogen-bond donors (Lipinski definition) is 1. The normalized spacial score (nSPS) is 13.9. The van der Waals surface area contributed by atoms with Gasteiger partial charge in [0.1, 0.15) is 5.82 Å². The lowest BCUT2D eigenvalue weighted by atomic mass is 10.1. The smallest absolute Gasteiger partial charge is 0.147 e. The maximum absolute atomic E-state index is 13.5. The van der Waals surface area contributed by atoms with Gasteiger partial charge in [0.15, 0.2) is 0 Å². The molecule has 1 aromatic carbocycles. The first-order valence-electron chi connectivity index (χ1n) is 5.07. The van der Waals surface area contributed by atoms with Gasteiger partial charge in [-0.25, -0.2) is 4.39 Å². The van der Waals surface area contributed by atoms with Crippen LogP contribution in [0.2, 0.25) is 0 Å². The summed E-state index contributed by atoms with van der Waals surface area (Å²) in [6.45, 7) is 3.81. The van der Waals surface area contributed by atoms with Gasteiger partial charge in [-0.3, -0.25) is 0 Å². The minimum absolute atomic E-state index is 0.00700. The summed E-state index contributed by atoms with van der Waals surface area (Å²) in [7, 11) is 1.61. The second kappa shape index (κ2) is 5.47. The number of nitrogens with one attached hydrogen (secondary N) is 1. The number of benzene rings is 1. The topological polar surface area (TPSA) is 45.0 Å². The average molecular weight is 222 g/mol. The Kier molecular flexibility index (Phi) is 4.27. The Morgan fingerprint density at radius 2 is 2.12 bits per heavy atom. The van der Waals surface area contributed by atoms with Gasteiger partial charge < -0.3 is 10.1 Å². The van der Waals surface area contributed by atoms with Gasteiger partial charge in [-0.1, -0.05) is 0 Å². The number of nitriles is 1. The molecule has 0 aromatic heterocycles. The highest BCUT2D eigenvalue weighted by molar-refractivity contribution is 5.49. The third-order valence-corrected chi connectivity index (χ3v) is 2.56. The number of halogens is 1. The Balaban J connectivity index is 2.79. The SMILES string of the molecule is COC(C)C(C)Nc1ccc(C#N)cc1F. The highest BCUT2D eigenvalue weighted by atomic mass is 19.1. The first-order valence-corrected chi connectivity index (χ1v) is 5.07. The molecule has 3 nitrogen and oxygen atoms in total. The molecular weight excluding hydrogens is 207 g/mol. The van der Waals surface area contributed by atoms with Crippen LogP contribution in [0.3, 0.4) is 0 Å². The van der Waals surface area contributed by atoms with Crippen molar-refractivity contribution in [3.63, 3.8) is 0 Å². The third kappa shape index (κ3) is 2.94. The number of anilines is 1. The summed E-state index contributed by atoms with van der Waals surface area (Å²) in [5, 5.41) is 11.6. The van der Waals surface area contributed by atoms with E-state index in [4.69, 9.17) is 10.00 Å². The van der Waals surface area contributed by atoms with Crippen LogP contribution in [0.1, 0.15) is 19.4 Å². The van der Waals surface area contributed by atoms with Crippen LogP contribution >= 0.6 is 0 Å². The molecule has 0 saturated carbocycles. The number of nitrogens with zero attached hydrogens (tertiary/aromatic N) is 1. The van der Waals surface area contributed by atoms with Crippen molar-refractivity contribution in [3.05, 3.63) is 29.6 Å². The molecule has 0 aliphatic rings. The summed E-state index contributed by atoms with van der Waals surface area (Å²) in [5.41, 5.74) is 0.700. The number of rotatable bonds is 4. The fraction of sp³-hybridized carbons (Fsp3) is 0.417. The van der Waals surface area contributed by atoms with Crippen molar-refractivity contribution in [1.82, 2.24) is 0 Å². The van der Waals surface area contributed by atoms with Crippen LogP contribution in [0.15, 0.2) is 18.2 Å². The van der Waals surface area contributed by atoms with Gasteiger partial charge in [0, 0.05) is 13.2 Å². The van der Waals surface area contributed by atoms with Crippen molar-refractivity contribution in [2.45, 2.75) is 26.0 Å². The molecule has 1 N–H and O–H groups in total. The minimum atomic E-state index is -0.422. The zero-order valence-electron chi connectivity index (χ0n) is 9.62. The fourth-order valence-electron chi connectivity index (χ4n) is 1.27. The van der Waals surface area contributed by atoms with Crippen LogP contribution in [0.4, 0.5) is 10.1 Å². The molecule has 0 aliphatic heterocycles. The lowest BCUT2D eigenvalue weighted by Gasteiger charge is -2.21. The summed E-state index contributed by atoms with van der Waals surface area (Å²) < 4.78 is 18.6. The predicted octanol–water partition coefficient (Wildman–Crippen LogP) is 2.53. The van der Waals surface area contributed by atoms with Crippen LogP contribution in [0, 0.1) is 17.1 Å². The van der Waals surface area contributed by atoms with E-state index in [1.54, 1.807) is 19.2 Å². The van der Waals surface area contributed by atoms with E-state index < -0.39 is 5.82 Å². The molecule has 0 heterocycles. The molecule has 0 aliphatic carbocycles. The molecule has 0 spiro atoms. The predicted molar refractivity (Wildman–Crippen MR) is 60.7 cm³/mol. The highest BCUT2D eigenvalue weighted by Gasteiger charge is 2.12. The average Bonchev–Trinajstić information content (AvgIpc) is 2.30. The first-order chi connectivity index (χ1) is 7.58. The second-order valence-electron chi connectivity index (χ2n) is 3.68. The molecule has 16 heavy (non-hydrogen) atoms. The van der Waals surface area contributed by atoms with Crippen molar-refractivity contribution in [1.29, 1.82) is 5.26 Å². The van der Waals surface area contributed by atoms with Crippen LogP contribution in [0.25, 0.3) is 0 Å². The largest absolute Gasteiger partial charge is 0.380 e. The summed E-state index contributed by atoms with van der Waals surface area (Å²) in [6.07, 6.45) is -0.0185. The second-order valence-corrected chi connectivity index (χ2v) is 3.68. The Bertz CT molecular complexity index is 400. The molecular formula is C12H15FN2O. The fourth-order valence-corrected chi connectivity index (χ4v) is 1.27. The number of methoxy groups -OCH3 is 1. The lowest BCUT2D eigenvalue weighted by Crippen LogP contribution is -2.30. The van der Waals surface area contributed by atoms with Crippen molar-refractivity contribution in [2.75, 3.05) is 12.4 Å². The highest BCUT2D eigenvalue weighted by Crippen LogP contribution is 2.17. The molecule has 1 rings (SSSR count). The standard InChI is InChI=1S/C12H15FN2O/c1-8(9(2)16-3)15-12-5-4-10(7-14)6-11(12)13/h4-6,8-9,15H,1-3H3. The van der Waals surface area contributed by atoms with Gasteiger partial charge in [-0.05, 0) is 32.0 Å². The van der Waals surface area contributed by atoms with Gasteiger partial charge >= 0.3 is 0 Å². The minimum Gasteiger partial charge on any atom is -0.380 e. The van der Waals surface area contributed by atoms with E-state index in [0.29, 0.717) is 11.3 Å². The van der Waals surface area contributed by atoms with Gasteiger partial charge in [-0.2, -0.15) is 5.26 Å². The van der Waals surface area contributed by atoms with E-state index in [9.17, 15) is 4.39 Å². The zero-order valence-corrected chi connectivity index (χ0v) is 9.62. The van der Waals surface area contributed by atoms with Crippen LogP contribution in [-0.4, -0.2) is 19.3 Å². The van der Waals surface area contributed by atoms with Gasteiger partial charge in [0.25, 0.3) is 0 Å². The van der Waals surface area contributed by atoms with Crippen molar-refractivity contribution in [3.8, 4) is 6.07 Å². The van der Waals surface area contributed by atoms with E-state index in [1.807, 2.05) is 19.9 Å². The summed E-state index contributed by atoms with van der Waals surface area (Å²) >= 11 is 0. The molecule has 0 bridgehead atoms. The Labute approximate surface area is 94.8 Å². The monoisotopic (exact) mass is 222 g/mol. The van der Waals surface area contributed by atoms with E-state index in [0.717, 1.165) is 0 Å². The number of ether oxygens (including phenoxy) is 1. The molecule has 0 amide bonds. The summed E-state index contributed by atoms with van der Waals surface area (Å²) in [5.74, 6) is -0.422. The van der Waals surface area contributed by atoms with E-state index in [2.05, 4.69) is 5.32 Å². The first kappa shape index (κ1) is 12.5. The molecule has 0 fully saturated rings. The van der Waals surface area contributed by atoms with Crippen LogP contribution < -0.4 is 5.32 Å². The van der Waals surface area contributed by atoms with Crippen molar-refractivity contribution < 1.29 is 9.13 Å². The van der Waals surface area contributed by atoms with Crippen molar-refractivity contribution >= 4 is 5.69 Å². The molecule has 1 aromatic rings. The van der Waals surface area contributed by atoms with E-state index >= 15 is 0 Å². The van der Waals surface area contributed by atoms with E-state index in [-0.39, 0.29) is 12.1 Å². The Morgan fingerprint density at radius 3 is 2.62 bits per heavy atom. The Morgan fingerprint density at radius 1 is 1.44 bits per heavy atom. The molecule has 86 valence electrons. The quantitative estimate of drug-likeness (QED) is 0.851. The third-order valence-electron chi connectivity index (χ3n) is 2.56. The molecule has 2 unspecified atom stereocenters. The molecule has 4 heteroatoms.